The number of benzene rings is 1. The van der Waals surface area contributed by atoms with Crippen LogP contribution in [0.15, 0.2) is 23.0 Å². The Labute approximate surface area is 114 Å². The number of aromatic nitrogens is 2. The molecular weight excluding hydrogens is 262 g/mol. The largest absolute Gasteiger partial charge is 0.347 e. The van der Waals surface area contributed by atoms with Gasteiger partial charge in [0.25, 0.3) is 5.56 Å². The zero-order chi connectivity index (χ0) is 14.1. The van der Waals surface area contributed by atoms with Crippen LogP contribution in [0.1, 0.15) is 29.1 Å². The van der Waals surface area contributed by atoms with Crippen molar-refractivity contribution in [3.63, 3.8) is 0 Å². The van der Waals surface area contributed by atoms with Crippen molar-refractivity contribution < 1.29 is 8.78 Å². The van der Waals surface area contributed by atoms with E-state index in [4.69, 9.17) is 0 Å². The van der Waals surface area contributed by atoms with Gasteiger partial charge in [-0.2, -0.15) is 4.98 Å². The molecule has 0 saturated heterocycles. The minimum Gasteiger partial charge on any atom is -0.347 e. The van der Waals surface area contributed by atoms with Gasteiger partial charge in [-0.15, -0.1) is 0 Å². The molecule has 5 heteroatoms. The number of rotatable bonds is 3. The molecule has 3 rings (SSSR count). The predicted molar refractivity (Wildman–Crippen MR) is 70.6 cm³/mol. The molecule has 0 atom stereocenters. The number of H-pyrrole nitrogens is 1. The zero-order valence-corrected chi connectivity index (χ0v) is 10.9. The lowest BCUT2D eigenvalue weighted by molar-refractivity contribution is 0.507. The maximum absolute atomic E-state index is 13.1. The summed E-state index contributed by atoms with van der Waals surface area (Å²) in [6, 6.07) is 3.84. The van der Waals surface area contributed by atoms with Gasteiger partial charge < -0.3 is 4.98 Å². The molecule has 1 N–H and O–H groups in total. The molecule has 1 aromatic heterocycles. The lowest BCUT2D eigenvalue weighted by Crippen LogP contribution is -2.17. The van der Waals surface area contributed by atoms with E-state index in [-0.39, 0.29) is 5.56 Å². The van der Waals surface area contributed by atoms with Gasteiger partial charge in [0, 0.05) is 17.7 Å². The molecule has 0 bridgehead atoms. The number of nitrogens with zero attached hydrogens (tertiary/aromatic N) is 1. The van der Waals surface area contributed by atoms with Crippen LogP contribution < -0.4 is 5.56 Å². The van der Waals surface area contributed by atoms with E-state index in [0.717, 1.165) is 36.6 Å². The highest BCUT2D eigenvalue weighted by Crippen LogP contribution is 2.16. The number of hydrogen-bond acceptors (Lipinski definition) is 2. The van der Waals surface area contributed by atoms with Gasteiger partial charge in [-0.25, -0.2) is 8.78 Å². The number of aryl methyl sites for hydroxylation is 3. The Bertz CT molecular complexity index is 710. The summed E-state index contributed by atoms with van der Waals surface area (Å²) in [6.45, 7) is 0. The first-order valence-electron chi connectivity index (χ1n) is 6.68. The van der Waals surface area contributed by atoms with Crippen molar-refractivity contribution in [3.8, 4) is 0 Å². The molecule has 1 aromatic carbocycles. The van der Waals surface area contributed by atoms with Crippen molar-refractivity contribution in [2.75, 3.05) is 0 Å². The molecule has 3 nitrogen and oxygen atoms in total. The number of hydrogen-bond donors (Lipinski definition) is 1. The van der Waals surface area contributed by atoms with E-state index in [1.165, 1.54) is 6.07 Å². The minimum atomic E-state index is -0.849. The molecule has 0 amide bonds. The summed E-state index contributed by atoms with van der Waals surface area (Å²) in [5.41, 5.74) is 2.30. The van der Waals surface area contributed by atoms with Crippen molar-refractivity contribution in [3.05, 3.63) is 62.8 Å². The molecule has 0 saturated carbocycles. The fourth-order valence-corrected chi connectivity index (χ4v) is 2.59. The van der Waals surface area contributed by atoms with Gasteiger partial charge in [0.2, 0.25) is 0 Å². The second-order valence-corrected chi connectivity index (χ2v) is 5.05. The predicted octanol–water partition coefficient (Wildman–Crippen LogP) is 2.32. The first kappa shape index (κ1) is 13.0. The van der Waals surface area contributed by atoms with E-state index in [2.05, 4.69) is 9.97 Å². The molecule has 104 valence electrons. The van der Waals surface area contributed by atoms with Crippen LogP contribution >= 0.6 is 0 Å². The maximum Gasteiger partial charge on any atom is 0.276 e. The third-order valence-electron chi connectivity index (χ3n) is 3.64. The van der Waals surface area contributed by atoms with Crippen LogP contribution in [0.25, 0.3) is 0 Å². The third-order valence-corrected chi connectivity index (χ3v) is 3.64. The summed E-state index contributed by atoms with van der Waals surface area (Å²) < 4.78 is 25.9. The maximum atomic E-state index is 13.1. The molecule has 0 fully saturated rings. The summed E-state index contributed by atoms with van der Waals surface area (Å²) in [7, 11) is 0. The Morgan fingerprint density at radius 2 is 2.00 bits per heavy atom. The SMILES string of the molecule is O=c1nc(CCc2ccc(F)c(F)c2)[nH]c2c1CCC2. The molecular formula is C15H14F2N2O. The Kier molecular flexibility index (Phi) is 3.34. The van der Waals surface area contributed by atoms with Crippen LogP contribution in [-0.2, 0) is 25.7 Å². The second-order valence-electron chi connectivity index (χ2n) is 5.05. The second kappa shape index (κ2) is 5.15. The summed E-state index contributed by atoms with van der Waals surface area (Å²) in [4.78, 5) is 19.0. The zero-order valence-electron chi connectivity index (χ0n) is 10.9. The number of nitrogens with one attached hydrogen (secondary N) is 1. The van der Waals surface area contributed by atoms with Crippen molar-refractivity contribution in [1.82, 2.24) is 9.97 Å². The van der Waals surface area contributed by atoms with Gasteiger partial charge >= 0.3 is 0 Å². The van der Waals surface area contributed by atoms with E-state index in [0.29, 0.717) is 24.2 Å². The molecule has 20 heavy (non-hydrogen) atoms. The first-order chi connectivity index (χ1) is 9.63. The summed E-state index contributed by atoms with van der Waals surface area (Å²) in [5.74, 6) is -1.09. The van der Waals surface area contributed by atoms with E-state index in [9.17, 15) is 13.6 Å². The van der Waals surface area contributed by atoms with Gasteiger partial charge in [0.05, 0.1) is 0 Å². The highest BCUT2D eigenvalue weighted by atomic mass is 19.2. The highest BCUT2D eigenvalue weighted by molar-refractivity contribution is 5.23. The highest BCUT2D eigenvalue weighted by Gasteiger charge is 2.16. The fraction of sp³-hybridized carbons (Fsp3) is 0.333. The van der Waals surface area contributed by atoms with Gasteiger partial charge in [-0.05, 0) is 43.4 Å². The Morgan fingerprint density at radius 1 is 1.15 bits per heavy atom. The minimum absolute atomic E-state index is 0.156. The van der Waals surface area contributed by atoms with E-state index < -0.39 is 11.6 Å². The van der Waals surface area contributed by atoms with Gasteiger partial charge in [0.15, 0.2) is 11.6 Å². The number of aromatic amines is 1. The smallest absolute Gasteiger partial charge is 0.276 e. The van der Waals surface area contributed by atoms with Crippen LogP contribution in [0.4, 0.5) is 8.78 Å². The first-order valence-corrected chi connectivity index (χ1v) is 6.68. The van der Waals surface area contributed by atoms with Gasteiger partial charge in [-0.1, -0.05) is 6.07 Å². The number of halogens is 2. The normalized spacial score (nSPS) is 13.5. The fourth-order valence-electron chi connectivity index (χ4n) is 2.59. The van der Waals surface area contributed by atoms with Crippen molar-refractivity contribution >= 4 is 0 Å². The molecule has 0 spiro atoms. The molecule has 2 aromatic rings. The van der Waals surface area contributed by atoms with Gasteiger partial charge in [-0.3, -0.25) is 4.79 Å². The van der Waals surface area contributed by atoms with Gasteiger partial charge in [0.1, 0.15) is 5.82 Å². The average molecular weight is 276 g/mol. The molecule has 0 unspecified atom stereocenters. The third kappa shape index (κ3) is 2.48. The molecule has 0 aliphatic heterocycles. The Hall–Kier alpha value is -2.04. The van der Waals surface area contributed by atoms with Crippen LogP contribution in [0.3, 0.4) is 0 Å². The lowest BCUT2D eigenvalue weighted by Gasteiger charge is -2.05. The standard InChI is InChI=1S/C15H14F2N2O/c16-11-6-4-9(8-12(11)17)5-7-14-18-13-3-1-2-10(13)15(20)19-14/h4,6,8H,1-3,5,7H2,(H,18,19,20). The van der Waals surface area contributed by atoms with Crippen LogP contribution in [0, 0.1) is 11.6 Å². The summed E-state index contributed by atoms with van der Waals surface area (Å²) >= 11 is 0. The Morgan fingerprint density at radius 3 is 2.80 bits per heavy atom. The summed E-state index contributed by atoms with van der Waals surface area (Å²) in [6.07, 6.45) is 3.67. The molecule has 1 heterocycles. The molecule has 1 aliphatic rings. The van der Waals surface area contributed by atoms with Crippen molar-refractivity contribution in [2.45, 2.75) is 32.1 Å². The average Bonchev–Trinajstić information content (AvgIpc) is 2.89. The molecule has 0 radical (unpaired) electrons. The number of fused-ring (bicyclic) bond motifs is 1. The topological polar surface area (TPSA) is 45.8 Å². The van der Waals surface area contributed by atoms with E-state index in [1.807, 2.05) is 0 Å². The van der Waals surface area contributed by atoms with Crippen LogP contribution in [-0.4, -0.2) is 9.97 Å². The lowest BCUT2D eigenvalue weighted by atomic mass is 10.1. The molecule has 1 aliphatic carbocycles. The van der Waals surface area contributed by atoms with Crippen molar-refractivity contribution in [2.24, 2.45) is 0 Å². The Balaban J connectivity index is 1.77. The monoisotopic (exact) mass is 276 g/mol. The van der Waals surface area contributed by atoms with Crippen LogP contribution in [0.5, 0.6) is 0 Å². The van der Waals surface area contributed by atoms with Crippen molar-refractivity contribution in [1.29, 1.82) is 0 Å². The quantitative estimate of drug-likeness (QED) is 0.935. The summed E-state index contributed by atoms with van der Waals surface area (Å²) in [5, 5.41) is 0. The van der Waals surface area contributed by atoms with E-state index in [1.54, 1.807) is 6.07 Å². The van der Waals surface area contributed by atoms with E-state index >= 15 is 0 Å². The van der Waals surface area contributed by atoms with Crippen LogP contribution in [0.2, 0.25) is 0 Å².